The van der Waals surface area contributed by atoms with Crippen molar-refractivity contribution in [2.75, 3.05) is 12.8 Å². The molecule has 0 fully saturated rings. The number of aryl methyl sites for hydroxylation is 1. The van der Waals surface area contributed by atoms with E-state index in [1.807, 2.05) is 27.0 Å². The summed E-state index contributed by atoms with van der Waals surface area (Å²) in [5, 5.41) is 9.22. The van der Waals surface area contributed by atoms with Gasteiger partial charge in [0.1, 0.15) is 0 Å². The van der Waals surface area contributed by atoms with Crippen molar-refractivity contribution in [1.29, 1.82) is 0 Å². The molecule has 0 aliphatic carbocycles. The van der Waals surface area contributed by atoms with Crippen LogP contribution in [0.5, 0.6) is 0 Å². The van der Waals surface area contributed by atoms with Crippen LogP contribution in [0.2, 0.25) is 0 Å². The van der Waals surface area contributed by atoms with Crippen LogP contribution in [0.25, 0.3) is 0 Å². The third-order valence-electron chi connectivity index (χ3n) is 3.39. The van der Waals surface area contributed by atoms with Crippen LogP contribution in [0.3, 0.4) is 0 Å². The van der Waals surface area contributed by atoms with Crippen molar-refractivity contribution >= 4 is 21.8 Å². The van der Waals surface area contributed by atoms with E-state index in [1.54, 1.807) is 24.8 Å². The van der Waals surface area contributed by atoms with Gasteiger partial charge in [-0.2, -0.15) is 11.8 Å². The Labute approximate surface area is 126 Å². The van der Waals surface area contributed by atoms with E-state index in [-0.39, 0.29) is 16.2 Å². The fraction of sp³-hybridized carbons (Fsp3) is 0.571. The van der Waals surface area contributed by atoms with Crippen molar-refractivity contribution < 1.29 is 13.5 Å². The highest BCUT2D eigenvalue weighted by Gasteiger charge is 2.23. The number of nitrogens with one attached hydrogen (secondary N) is 1. The van der Waals surface area contributed by atoms with Crippen LogP contribution in [0.1, 0.15) is 30.5 Å². The fourth-order valence-electron chi connectivity index (χ4n) is 1.69. The second kappa shape index (κ2) is 6.47. The van der Waals surface area contributed by atoms with Crippen LogP contribution in [0.4, 0.5) is 0 Å². The normalized spacial score (nSPS) is 12.7. The average molecular weight is 317 g/mol. The van der Waals surface area contributed by atoms with Crippen LogP contribution < -0.4 is 4.72 Å². The van der Waals surface area contributed by atoms with Gasteiger partial charge in [-0.3, -0.25) is 0 Å². The lowest BCUT2D eigenvalue weighted by Gasteiger charge is -2.22. The van der Waals surface area contributed by atoms with Crippen molar-refractivity contribution in [3.05, 3.63) is 28.8 Å². The van der Waals surface area contributed by atoms with Crippen LogP contribution in [0, 0.1) is 13.8 Å². The third kappa shape index (κ3) is 4.22. The first kappa shape index (κ1) is 17.5. The number of aliphatic hydroxyl groups is 1. The number of hydrogen-bond acceptors (Lipinski definition) is 4. The second-order valence-corrected chi connectivity index (χ2v) is 8.73. The Morgan fingerprint density at radius 1 is 1.30 bits per heavy atom. The molecule has 0 saturated heterocycles. The largest absolute Gasteiger partial charge is 0.392 e. The second-order valence-electron chi connectivity index (χ2n) is 5.48. The molecule has 0 spiro atoms. The molecule has 0 amide bonds. The predicted molar refractivity (Wildman–Crippen MR) is 84.6 cm³/mol. The van der Waals surface area contributed by atoms with Crippen LogP contribution >= 0.6 is 11.8 Å². The molecular formula is C14H23NO3S2. The quantitative estimate of drug-likeness (QED) is 0.844. The summed E-state index contributed by atoms with van der Waals surface area (Å²) in [5.74, 6) is 0. The summed E-state index contributed by atoms with van der Waals surface area (Å²) >= 11 is 1.61. The van der Waals surface area contributed by atoms with Crippen LogP contribution in [0.15, 0.2) is 17.0 Å². The Balaban J connectivity index is 3.13. The van der Waals surface area contributed by atoms with E-state index in [0.29, 0.717) is 12.1 Å². The molecule has 114 valence electrons. The minimum absolute atomic E-state index is 0.162. The monoisotopic (exact) mass is 317 g/mol. The van der Waals surface area contributed by atoms with E-state index in [1.165, 1.54) is 6.07 Å². The Hall–Kier alpha value is -0.560. The summed E-state index contributed by atoms with van der Waals surface area (Å²) in [5.41, 5.74) is 2.19. The first-order valence-electron chi connectivity index (χ1n) is 6.39. The van der Waals surface area contributed by atoms with Gasteiger partial charge in [-0.1, -0.05) is 6.07 Å². The van der Waals surface area contributed by atoms with Gasteiger partial charge >= 0.3 is 0 Å². The Kier molecular flexibility index (Phi) is 5.66. The zero-order valence-electron chi connectivity index (χ0n) is 12.6. The van der Waals surface area contributed by atoms with Gasteiger partial charge in [0.2, 0.25) is 10.0 Å². The lowest BCUT2D eigenvalue weighted by Crippen LogP contribution is -2.36. The first-order valence-corrected chi connectivity index (χ1v) is 9.09. The van der Waals surface area contributed by atoms with Crippen molar-refractivity contribution in [3.8, 4) is 0 Å². The lowest BCUT2D eigenvalue weighted by atomic mass is 10.1. The van der Waals surface area contributed by atoms with Gasteiger partial charge in [-0.15, -0.1) is 0 Å². The smallest absolute Gasteiger partial charge is 0.240 e. The molecule has 0 aliphatic heterocycles. The lowest BCUT2D eigenvalue weighted by molar-refractivity contribution is 0.281. The van der Waals surface area contributed by atoms with E-state index in [4.69, 9.17) is 0 Å². The molecule has 20 heavy (non-hydrogen) atoms. The topological polar surface area (TPSA) is 66.4 Å². The van der Waals surface area contributed by atoms with Gasteiger partial charge in [0, 0.05) is 11.3 Å². The summed E-state index contributed by atoms with van der Waals surface area (Å²) in [6.45, 7) is 7.80. The number of aliphatic hydroxyl groups excluding tert-OH is 1. The standard InChI is InChI=1S/C14H23NO3S2/c1-10-6-12(8-16)7-13(11(10)2)20(17,18)15-9-14(3,4)19-5/h6-7,15-16H,8-9H2,1-5H3. The molecule has 1 aromatic rings. The van der Waals surface area contributed by atoms with E-state index in [9.17, 15) is 13.5 Å². The van der Waals surface area contributed by atoms with E-state index in [2.05, 4.69) is 4.72 Å². The molecule has 0 saturated carbocycles. The maximum absolute atomic E-state index is 12.4. The number of hydrogen-bond donors (Lipinski definition) is 2. The first-order chi connectivity index (χ1) is 9.13. The molecule has 6 heteroatoms. The predicted octanol–water partition coefficient (Wildman–Crippen LogP) is 2.22. The van der Waals surface area contributed by atoms with E-state index in [0.717, 1.165) is 11.1 Å². The third-order valence-corrected chi connectivity index (χ3v) is 6.17. The van der Waals surface area contributed by atoms with Crippen LogP contribution in [-0.4, -0.2) is 31.1 Å². The molecule has 1 aromatic carbocycles. The summed E-state index contributed by atoms with van der Waals surface area (Å²) in [6, 6.07) is 3.34. The average Bonchev–Trinajstić information content (AvgIpc) is 2.39. The minimum atomic E-state index is -3.56. The summed E-state index contributed by atoms with van der Waals surface area (Å²) in [6.07, 6.45) is 1.95. The molecule has 1 rings (SSSR count). The molecular weight excluding hydrogens is 294 g/mol. The van der Waals surface area contributed by atoms with Gasteiger partial charge < -0.3 is 5.11 Å². The van der Waals surface area contributed by atoms with Crippen molar-refractivity contribution in [2.45, 2.75) is 43.9 Å². The summed E-state index contributed by atoms with van der Waals surface area (Å²) < 4.78 is 27.4. The molecule has 0 atom stereocenters. The van der Waals surface area contributed by atoms with E-state index >= 15 is 0 Å². The van der Waals surface area contributed by atoms with Crippen molar-refractivity contribution in [3.63, 3.8) is 0 Å². The summed E-state index contributed by atoms with van der Waals surface area (Å²) in [7, 11) is -3.56. The molecule has 2 N–H and O–H groups in total. The van der Waals surface area contributed by atoms with Crippen molar-refractivity contribution in [2.24, 2.45) is 0 Å². The number of thioether (sulfide) groups is 1. The Morgan fingerprint density at radius 3 is 2.40 bits per heavy atom. The molecule has 4 nitrogen and oxygen atoms in total. The molecule has 0 heterocycles. The minimum Gasteiger partial charge on any atom is -0.392 e. The van der Waals surface area contributed by atoms with Gasteiger partial charge in [0.25, 0.3) is 0 Å². The number of sulfonamides is 1. The molecule has 0 unspecified atom stereocenters. The van der Waals surface area contributed by atoms with Crippen molar-refractivity contribution in [1.82, 2.24) is 4.72 Å². The van der Waals surface area contributed by atoms with Gasteiger partial charge in [-0.25, -0.2) is 13.1 Å². The maximum Gasteiger partial charge on any atom is 0.240 e. The highest BCUT2D eigenvalue weighted by Crippen LogP contribution is 2.24. The zero-order chi connectivity index (χ0) is 15.6. The SMILES string of the molecule is CSC(C)(C)CNS(=O)(=O)c1cc(CO)cc(C)c1C. The van der Waals surface area contributed by atoms with Gasteiger partial charge in [0.15, 0.2) is 0 Å². The molecule has 0 aliphatic rings. The highest BCUT2D eigenvalue weighted by atomic mass is 32.2. The highest BCUT2D eigenvalue weighted by molar-refractivity contribution is 8.00. The Bertz CT molecular complexity index is 580. The summed E-state index contributed by atoms with van der Waals surface area (Å²) in [4.78, 5) is 0.249. The van der Waals surface area contributed by atoms with Gasteiger partial charge in [-0.05, 0) is 56.7 Å². The number of benzene rings is 1. The fourth-order valence-corrected chi connectivity index (χ4v) is 3.57. The van der Waals surface area contributed by atoms with Gasteiger partial charge in [0.05, 0.1) is 11.5 Å². The van der Waals surface area contributed by atoms with Crippen LogP contribution in [-0.2, 0) is 16.6 Å². The Morgan fingerprint density at radius 2 is 1.90 bits per heavy atom. The molecule has 0 bridgehead atoms. The van der Waals surface area contributed by atoms with E-state index < -0.39 is 10.0 Å². The number of rotatable bonds is 6. The zero-order valence-corrected chi connectivity index (χ0v) is 14.3. The molecule has 0 radical (unpaired) electrons. The molecule has 0 aromatic heterocycles. The maximum atomic E-state index is 12.4.